The number of nitrogens with zero attached hydrogens (tertiary/aromatic N) is 4. The van der Waals surface area contributed by atoms with Crippen molar-refractivity contribution in [2.75, 3.05) is 33.3 Å². The van der Waals surface area contributed by atoms with Gasteiger partial charge in [0.2, 0.25) is 5.91 Å². The molecule has 0 radical (unpaired) electrons. The van der Waals surface area contributed by atoms with Crippen LogP contribution >= 0.6 is 0 Å². The van der Waals surface area contributed by atoms with E-state index in [2.05, 4.69) is 31.2 Å². The average molecular weight is 487 g/mol. The molecule has 0 spiro atoms. The predicted octanol–water partition coefficient (Wildman–Crippen LogP) is 3.99. The van der Waals surface area contributed by atoms with E-state index in [0.29, 0.717) is 44.7 Å². The molecule has 5 rings (SSSR count). The molecule has 36 heavy (non-hydrogen) atoms. The highest BCUT2D eigenvalue weighted by molar-refractivity contribution is 5.94. The van der Waals surface area contributed by atoms with Crippen molar-refractivity contribution in [3.05, 3.63) is 76.6 Å². The Bertz CT molecular complexity index is 1230. The minimum atomic E-state index is -0.00783. The summed E-state index contributed by atoms with van der Waals surface area (Å²) in [5.41, 5.74) is 6.16. The third-order valence-electron chi connectivity index (χ3n) is 7.33. The van der Waals surface area contributed by atoms with Gasteiger partial charge in [-0.15, -0.1) is 0 Å². The molecule has 2 aromatic carbocycles. The molecule has 0 unspecified atom stereocenters. The number of carbonyl (C=O) groups is 2. The second-order valence-electron chi connectivity index (χ2n) is 9.75. The fourth-order valence-corrected chi connectivity index (χ4v) is 5.23. The lowest BCUT2D eigenvalue weighted by molar-refractivity contribution is -0.131. The Balaban J connectivity index is 1.23. The Labute approximate surface area is 212 Å². The maximum Gasteiger partial charge on any atom is 0.274 e. The van der Waals surface area contributed by atoms with E-state index in [9.17, 15) is 9.59 Å². The first kappa shape index (κ1) is 24.1. The molecule has 2 heterocycles. The molecule has 0 saturated carbocycles. The van der Waals surface area contributed by atoms with Crippen LogP contribution in [0, 0.1) is 6.92 Å². The van der Waals surface area contributed by atoms with E-state index in [0.717, 1.165) is 53.9 Å². The summed E-state index contributed by atoms with van der Waals surface area (Å²) in [6.07, 6.45) is 4.84. The molecule has 7 nitrogen and oxygen atoms in total. The van der Waals surface area contributed by atoms with Crippen LogP contribution in [0.25, 0.3) is 5.69 Å². The number of hydrogen-bond acceptors (Lipinski definition) is 4. The van der Waals surface area contributed by atoms with Gasteiger partial charge in [0, 0.05) is 43.9 Å². The van der Waals surface area contributed by atoms with Crippen LogP contribution in [0.1, 0.15) is 52.1 Å². The van der Waals surface area contributed by atoms with E-state index in [1.165, 1.54) is 5.56 Å². The van der Waals surface area contributed by atoms with Crippen molar-refractivity contribution in [2.24, 2.45) is 0 Å². The Morgan fingerprint density at radius 3 is 2.36 bits per heavy atom. The molecule has 1 fully saturated rings. The van der Waals surface area contributed by atoms with Gasteiger partial charge in [0.05, 0.1) is 12.8 Å². The molecule has 188 valence electrons. The number of hydrogen-bond donors (Lipinski definition) is 0. The largest absolute Gasteiger partial charge is 0.497 e. The summed E-state index contributed by atoms with van der Waals surface area (Å²) in [6, 6.07) is 16.1. The van der Waals surface area contributed by atoms with Gasteiger partial charge in [0.25, 0.3) is 5.91 Å². The van der Waals surface area contributed by atoms with Crippen molar-refractivity contribution in [2.45, 2.75) is 45.4 Å². The van der Waals surface area contributed by atoms with Crippen LogP contribution in [-0.4, -0.2) is 64.7 Å². The second-order valence-corrected chi connectivity index (χ2v) is 9.75. The van der Waals surface area contributed by atoms with E-state index in [-0.39, 0.29) is 11.8 Å². The number of methoxy groups -OCH3 is 1. The zero-order valence-electron chi connectivity index (χ0n) is 21.2. The first-order chi connectivity index (χ1) is 17.5. The molecule has 0 bridgehead atoms. The molecule has 0 atom stereocenters. The first-order valence-electron chi connectivity index (χ1n) is 12.9. The SMILES string of the molecule is COc1ccc(CCC(=O)N2CCCN(C(=O)c3nn(-c4ccc(C)cc4)c4c3CCC4)CC2)cc1. The van der Waals surface area contributed by atoms with Gasteiger partial charge in [-0.25, -0.2) is 4.68 Å². The standard InChI is InChI=1S/C29H34N4O3/c1-21-7-12-23(13-8-21)33-26-6-3-5-25(26)28(30-33)29(35)32-18-4-17-31(19-20-32)27(34)16-11-22-9-14-24(36-2)15-10-22/h7-10,12-15H,3-6,11,16-20H2,1-2H3. The number of fused-ring (bicyclic) bond motifs is 1. The quantitative estimate of drug-likeness (QED) is 0.529. The number of benzene rings is 2. The molecule has 3 aromatic rings. The van der Waals surface area contributed by atoms with Gasteiger partial charge < -0.3 is 14.5 Å². The van der Waals surface area contributed by atoms with Crippen molar-refractivity contribution < 1.29 is 14.3 Å². The van der Waals surface area contributed by atoms with Gasteiger partial charge in [-0.2, -0.15) is 5.10 Å². The number of rotatable bonds is 6. The molecular formula is C29H34N4O3. The lowest BCUT2D eigenvalue weighted by Crippen LogP contribution is -2.37. The third-order valence-corrected chi connectivity index (χ3v) is 7.33. The number of amides is 2. The van der Waals surface area contributed by atoms with Crippen LogP contribution in [-0.2, 0) is 24.1 Å². The van der Waals surface area contributed by atoms with Crippen LogP contribution in [0.5, 0.6) is 5.75 Å². The smallest absolute Gasteiger partial charge is 0.274 e. The van der Waals surface area contributed by atoms with Crippen molar-refractivity contribution in [1.82, 2.24) is 19.6 Å². The lowest BCUT2D eigenvalue weighted by atomic mass is 10.1. The van der Waals surface area contributed by atoms with Crippen LogP contribution in [0.4, 0.5) is 0 Å². The van der Waals surface area contributed by atoms with Crippen molar-refractivity contribution in [3.63, 3.8) is 0 Å². The van der Waals surface area contributed by atoms with E-state index in [1.54, 1.807) is 7.11 Å². The van der Waals surface area contributed by atoms with Gasteiger partial charge in [-0.05, 0) is 68.9 Å². The highest BCUT2D eigenvalue weighted by atomic mass is 16.5. The summed E-state index contributed by atoms with van der Waals surface area (Å²) in [6.45, 7) is 4.50. The molecule has 2 aliphatic rings. The normalized spacial score (nSPS) is 15.5. The van der Waals surface area contributed by atoms with Crippen molar-refractivity contribution in [3.8, 4) is 11.4 Å². The van der Waals surface area contributed by atoms with E-state index in [1.807, 2.05) is 38.7 Å². The van der Waals surface area contributed by atoms with Gasteiger partial charge in [0.1, 0.15) is 5.75 Å². The zero-order chi connectivity index (χ0) is 25.1. The third kappa shape index (κ3) is 5.01. The fourth-order valence-electron chi connectivity index (χ4n) is 5.23. The number of aryl methyl sites for hydroxylation is 2. The molecule has 0 N–H and O–H groups in total. The van der Waals surface area contributed by atoms with Gasteiger partial charge in [-0.3, -0.25) is 9.59 Å². The summed E-state index contributed by atoms with van der Waals surface area (Å²) in [5.74, 6) is 0.952. The predicted molar refractivity (Wildman–Crippen MR) is 139 cm³/mol. The average Bonchev–Trinajstić information content (AvgIpc) is 3.43. The first-order valence-corrected chi connectivity index (χ1v) is 12.9. The summed E-state index contributed by atoms with van der Waals surface area (Å²) < 4.78 is 7.16. The maximum absolute atomic E-state index is 13.6. The monoisotopic (exact) mass is 486 g/mol. The highest BCUT2D eigenvalue weighted by Gasteiger charge is 2.31. The van der Waals surface area contributed by atoms with Crippen LogP contribution in [0.15, 0.2) is 48.5 Å². The minimum Gasteiger partial charge on any atom is -0.497 e. The fraction of sp³-hybridized carbons (Fsp3) is 0.414. The molecule has 2 amide bonds. The second kappa shape index (κ2) is 10.6. The summed E-state index contributed by atoms with van der Waals surface area (Å²) in [4.78, 5) is 30.3. The number of ether oxygens (including phenoxy) is 1. The Morgan fingerprint density at radius 2 is 1.61 bits per heavy atom. The number of aromatic nitrogens is 2. The minimum absolute atomic E-state index is 0.00783. The Kier molecular flexibility index (Phi) is 7.07. The van der Waals surface area contributed by atoms with Crippen LogP contribution < -0.4 is 4.74 Å². The van der Waals surface area contributed by atoms with Gasteiger partial charge in [0.15, 0.2) is 5.69 Å². The molecule has 1 aromatic heterocycles. The van der Waals surface area contributed by atoms with Crippen LogP contribution in [0.2, 0.25) is 0 Å². The van der Waals surface area contributed by atoms with Gasteiger partial charge >= 0.3 is 0 Å². The topological polar surface area (TPSA) is 67.7 Å². The molecule has 1 aliphatic carbocycles. The Hall–Kier alpha value is -3.61. The Morgan fingerprint density at radius 1 is 0.889 bits per heavy atom. The van der Waals surface area contributed by atoms with E-state index < -0.39 is 0 Å². The van der Waals surface area contributed by atoms with Crippen LogP contribution in [0.3, 0.4) is 0 Å². The lowest BCUT2D eigenvalue weighted by Gasteiger charge is -2.22. The van der Waals surface area contributed by atoms with E-state index in [4.69, 9.17) is 9.84 Å². The summed E-state index contributed by atoms with van der Waals surface area (Å²) in [5, 5.41) is 4.80. The summed E-state index contributed by atoms with van der Waals surface area (Å²) in [7, 11) is 1.65. The van der Waals surface area contributed by atoms with Crippen molar-refractivity contribution >= 4 is 11.8 Å². The molecule has 1 saturated heterocycles. The maximum atomic E-state index is 13.6. The zero-order valence-corrected chi connectivity index (χ0v) is 21.2. The molecule has 7 heteroatoms. The summed E-state index contributed by atoms with van der Waals surface area (Å²) >= 11 is 0. The van der Waals surface area contributed by atoms with Gasteiger partial charge in [-0.1, -0.05) is 29.8 Å². The highest BCUT2D eigenvalue weighted by Crippen LogP contribution is 2.29. The molecule has 1 aliphatic heterocycles. The van der Waals surface area contributed by atoms with Crippen molar-refractivity contribution in [1.29, 1.82) is 0 Å². The number of carbonyl (C=O) groups excluding carboxylic acids is 2. The van der Waals surface area contributed by atoms with E-state index >= 15 is 0 Å². The molecular weight excluding hydrogens is 452 g/mol.